The molecule has 142 valence electrons. The number of aryl methyl sites for hydroxylation is 1. The number of hydrogen-bond acceptors (Lipinski definition) is 6. The van der Waals surface area contributed by atoms with Gasteiger partial charge in [-0.15, -0.1) is 10.2 Å². The zero-order valence-electron chi connectivity index (χ0n) is 16.2. The van der Waals surface area contributed by atoms with Crippen LogP contribution in [0.4, 0.5) is 0 Å². The maximum Gasteiger partial charge on any atom is 0.235 e. The van der Waals surface area contributed by atoms with Gasteiger partial charge in [-0.3, -0.25) is 4.79 Å². The Morgan fingerprint density at radius 2 is 2.00 bits per heavy atom. The first-order valence-corrected chi connectivity index (χ1v) is 9.39. The van der Waals surface area contributed by atoms with E-state index in [9.17, 15) is 4.79 Å². The number of thioether (sulfide) groups is 1. The Hall–Kier alpha value is -2.22. The largest absolute Gasteiger partial charge is 0.485 e. The van der Waals surface area contributed by atoms with Gasteiger partial charge in [0.05, 0.1) is 5.25 Å². The third-order valence-electron chi connectivity index (χ3n) is 3.95. The molecule has 1 amide bonds. The van der Waals surface area contributed by atoms with E-state index in [1.165, 1.54) is 16.4 Å². The number of amides is 1. The Kier molecular flexibility index (Phi) is 6.52. The number of aromatic nitrogens is 3. The summed E-state index contributed by atoms with van der Waals surface area (Å²) in [5.41, 5.74) is 2.27. The lowest BCUT2D eigenvalue weighted by atomic mass is 10.0. The topological polar surface area (TPSA) is 86.3 Å². The summed E-state index contributed by atoms with van der Waals surface area (Å²) >= 11 is 1.28. The molecule has 0 aliphatic rings. The number of carbonyl (C=O) groups excluding carboxylic acids is 1. The third kappa shape index (κ3) is 4.69. The molecular formula is C18H27N5O2S. The number of hydrogen-bond donors (Lipinski definition) is 1. The van der Waals surface area contributed by atoms with Crippen LogP contribution in [0.5, 0.6) is 5.75 Å². The quantitative estimate of drug-likeness (QED) is 0.589. The van der Waals surface area contributed by atoms with Crippen LogP contribution in [0.15, 0.2) is 23.4 Å². The Morgan fingerprint density at radius 1 is 1.31 bits per heavy atom. The zero-order valence-corrected chi connectivity index (χ0v) is 17.0. The molecule has 2 aromatic rings. The van der Waals surface area contributed by atoms with Crippen LogP contribution < -0.4 is 10.6 Å². The van der Waals surface area contributed by atoms with Gasteiger partial charge in [0.2, 0.25) is 11.1 Å². The van der Waals surface area contributed by atoms with Gasteiger partial charge in [0.15, 0.2) is 5.82 Å². The summed E-state index contributed by atoms with van der Waals surface area (Å²) in [6.07, 6.45) is 0. The number of carbonyl (C=O) groups is 1. The van der Waals surface area contributed by atoms with E-state index in [0.717, 1.165) is 16.9 Å². The molecule has 0 radical (unpaired) electrons. The highest BCUT2D eigenvalue weighted by Gasteiger charge is 2.21. The molecule has 1 unspecified atom stereocenters. The predicted octanol–water partition coefficient (Wildman–Crippen LogP) is 2.57. The van der Waals surface area contributed by atoms with Crippen molar-refractivity contribution in [3.63, 3.8) is 0 Å². The van der Waals surface area contributed by atoms with Gasteiger partial charge in [-0.2, -0.15) is 0 Å². The van der Waals surface area contributed by atoms with Gasteiger partial charge in [-0.05, 0) is 37.0 Å². The second kappa shape index (κ2) is 8.44. The molecule has 0 saturated heterocycles. The van der Waals surface area contributed by atoms with Crippen LogP contribution in [0.1, 0.15) is 43.6 Å². The van der Waals surface area contributed by atoms with Crippen LogP contribution in [0.2, 0.25) is 0 Å². The molecule has 7 nitrogen and oxygen atoms in total. The number of nitrogen functional groups attached to an aromatic ring is 1. The van der Waals surface area contributed by atoms with Crippen molar-refractivity contribution < 1.29 is 9.53 Å². The summed E-state index contributed by atoms with van der Waals surface area (Å²) in [5, 5.41) is 8.38. The van der Waals surface area contributed by atoms with Crippen molar-refractivity contribution in [2.75, 3.05) is 19.9 Å². The summed E-state index contributed by atoms with van der Waals surface area (Å²) in [4.78, 5) is 13.5. The number of ether oxygens (including phenoxy) is 1. The van der Waals surface area contributed by atoms with Crippen LogP contribution in [0.25, 0.3) is 0 Å². The summed E-state index contributed by atoms with van der Waals surface area (Å²) in [5.74, 6) is 7.77. The lowest BCUT2D eigenvalue weighted by Gasteiger charge is -2.16. The minimum Gasteiger partial charge on any atom is -0.485 e. The summed E-state index contributed by atoms with van der Waals surface area (Å²) in [6.45, 7) is 8.31. The highest BCUT2D eigenvalue weighted by molar-refractivity contribution is 8.00. The maximum atomic E-state index is 12.0. The average Bonchev–Trinajstić information content (AvgIpc) is 2.92. The third-order valence-corrected chi connectivity index (χ3v) is 5.00. The summed E-state index contributed by atoms with van der Waals surface area (Å²) in [6, 6.07) is 6.17. The number of nitrogens with two attached hydrogens (primary N) is 1. The fourth-order valence-electron chi connectivity index (χ4n) is 2.44. The Bertz CT molecular complexity index is 773. The molecule has 0 bridgehead atoms. The van der Waals surface area contributed by atoms with Crippen LogP contribution in [-0.4, -0.2) is 45.0 Å². The van der Waals surface area contributed by atoms with E-state index in [0.29, 0.717) is 16.9 Å². The van der Waals surface area contributed by atoms with Crippen molar-refractivity contribution in [2.45, 2.75) is 50.6 Å². The lowest BCUT2D eigenvalue weighted by molar-refractivity contribution is -0.127. The fraction of sp³-hybridized carbons (Fsp3) is 0.500. The molecular weight excluding hydrogens is 350 g/mol. The molecule has 1 atom stereocenters. The van der Waals surface area contributed by atoms with Gasteiger partial charge in [-0.1, -0.05) is 37.7 Å². The molecule has 2 N–H and O–H groups in total. The first-order valence-electron chi connectivity index (χ1n) is 8.51. The Labute approximate surface area is 158 Å². The van der Waals surface area contributed by atoms with E-state index in [4.69, 9.17) is 10.6 Å². The second-order valence-corrected chi connectivity index (χ2v) is 8.05. The van der Waals surface area contributed by atoms with Crippen LogP contribution >= 0.6 is 11.8 Å². The Morgan fingerprint density at radius 3 is 2.62 bits per heavy atom. The first-order chi connectivity index (χ1) is 12.2. The molecule has 0 saturated carbocycles. The van der Waals surface area contributed by atoms with E-state index in [2.05, 4.69) is 36.2 Å². The van der Waals surface area contributed by atoms with Gasteiger partial charge in [0.1, 0.15) is 12.4 Å². The highest BCUT2D eigenvalue weighted by atomic mass is 32.2. The van der Waals surface area contributed by atoms with E-state index in [1.807, 2.05) is 19.9 Å². The van der Waals surface area contributed by atoms with Crippen molar-refractivity contribution in [2.24, 2.45) is 0 Å². The van der Waals surface area contributed by atoms with Gasteiger partial charge < -0.3 is 15.5 Å². The molecule has 8 heteroatoms. The second-order valence-electron chi connectivity index (χ2n) is 6.75. The first kappa shape index (κ1) is 20.1. The van der Waals surface area contributed by atoms with Gasteiger partial charge in [0.25, 0.3) is 0 Å². The predicted molar refractivity (Wildman–Crippen MR) is 104 cm³/mol. The van der Waals surface area contributed by atoms with Crippen molar-refractivity contribution in [1.29, 1.82) is 0 Å². The minimum atomic E-state index is -0.297. The van der Waals surface area contributed by atoms with Crippen LogP contribution in [0, 0.1) is 6.92 Å². The van der Waals surface area contributed by atoms with E-state index in [1.54, 1.807) is 19.0 Å². The van der Waals surface area contributed by atoms with Crippen LogP contribution in [0.3, 0.4) is 0 Å². The molecule has 2 rings (SSSR count). The van der Waals surface area contributed by atoms with Crippen LogP contribution in [-0.2, 0) is 11.4 Å². The summed E-state index contributed by atoms with van der Waals surface area (Å²) in [7, 11) is 3.44. The van der Waals surface area contributed by atoms with Gasteiger partial charge >= 0.3 is 0 Å². The molecule has 0 spiro atoms. The standard InChI is InChI=1S/C18H27N5O2S/c1-11(2)14-8-7-12(3)9-15(14)25-10-16-20-21-18(23(16)19)26-13(4)17(24)22(5)6/h7-9,11,13H,10,19H2,1-6H3. The SMILES string of the molecule is Cc1ccc(C(C)C)c(OCc2nnc(SC(C)C(=O)N(C)C)n2N)c1. The minimum absolute atomic E-state index is 0.00265. The van der Waals surface area contributed by atoms with Crippen molar-refractivity contribution in [3.05, 3.63) is 35.2 Å². The van der Waals surface area contributed by atoms with Crippen molar-refractivity contribution in [3.8, 4) is 5.75 Å². The number of rotatable bonds is 7. The van der Waals surface area contributed by atoms with E-state index < -0.39 is 0 Å². The smallest absolute Gasteiger partial charge is 0.235 e. The molecule has 1 aromatic heterocycles. The average molecular weight is 378 g/mol. The molecule has 0 fully saturated rings. The molecule has 26 heavy (non-hydrogen) atoms. The van der Waals surface area contributed by atoms with Crippen molar-refractivity contribution in [1.82, 2.24) is 19.8 Å². The van der Waals surface area contributed by atoms with Gasteiger partial charge in [-0.25, -0.2) is 4.68 Å². The lowest BCUT2D eigenvalue weighted by Crippen LogP contribution is -2.30. The molecule has 0 aliphatic heterocycles. The molecule has 0 aliphatic carbocycles. The highest BCUT2D eigenvalue weighted by Crippen LogP contribution is 2.28. The Balaban J connectivity index is 2.10. The van der Waals surface area contributed by atoms with E-state index >= 15 is 0 Å². The monoisotopic (exact) mass is 377 g/mol. The fourth-order valence-corrected chi connectivity index (χ4v) is 3.38. The number of nitrogens with zero attached hydrogens (tertiary/aromatic N) is 4. The molecule has 1 aromatic carbocycles. The molecule has 1 heterocycles. The van der Waals surface area contributed by atoms with Crippen molar-refractivity contribution >= 4 is 17.7 Å². The normalized spacial score (nSPS) is 12.3. The zero-order chi connectivity index (χ0) is 19.4. The summed E-state index contributed by atoms with van der Waals surface area (Å²) < 4.78 is 7.35. The maximum absolute atomic E-state index is 12.0. The van der Waals surface area contributed by atoms with Gasteiger partial charge in [0, 0.05) is 14.1 Å². The number of benzene rings is 1. The van der Waals surface area contributed by atoms with E-state index in [-0.39, 0.29) is 17.8 Å².